The Morgan fingerprint density at radius 1 is 1.29 bits per heavy atom. The predicted octanol–water partition coefficient (Wildman–Crippen LogP) is 4.50. The fourth-order valence-electron chi connectivity index (χ4n) is 1.70. The van der Waals surface area contributed by atoms with Crippen LogP contribution in [0.25, 0.3) is 0 Å². The van der Waals surface area contributed by atoms with Crippen LogP contribution < -0.4 is 0 Å². The van der Waals surface area contributed by atoms with E-state index in [0.29, 0.717) is 5.02 Å². The van der Waals surface area contributed by atoms with E-state index in [4.69, 9.17) is 11.6 Å². The lowest BCUT2D eigenvalue weighted by Crippen LogP contribution is -2.01. The van der Waals surface area contributed by atoms with Crippen molar-refractivity contribution in [2.24, 2.45) is 0 Å². The van der Waals surface area contributed by atoms with Crippen molar-refractivity contribution in [3.63, 3.8) is 0 Å². The summed E-state index contributed by atoms with van der Waals surface area (Å²) in [6, 6.07) is 9.30. The molecule has 0 radical (unpaired) electrons. The van der Waals surface area contributed by atoms with Crippen LogP contribution in [0.2, 0.25) is 5.02 Å². The van der Waals surface area contributed by atoms with Crippen molar-refractivity contribution in [1.82, 2.24) is 0 Å². The maximum Gasteiger partial charge on any atom is 0.203 e. The first-order valence-corrected chi connectivity index (χ1v) is 6.71. The molecule has 0 amide bonds. The van der Waals surface area contributed by atoms with Gasteiger partial charge in [0.05, 0.1) is 4.88 Å². The molecule has 1 aromatic carbocycles. The van der Waals surface area contributed by atoms with E-state index in [0.717, 1.165) is 22.4 Å². The van der Waals surface area contributed by atoms with Crippen LogP contribution in [0.5, 0.6) is 0 Å². The summed E-state index contributed by atoms with van der Waals surface area (Å²) in [5.74, 6) is 0.0869. The van der Waals surface area contributed by atoms with Crippen LogP contribution in [0.4, 0.5) is 0 Å². The molecule has 0 unspecified atom stereocenters. The van der Waals surface area contributed by atoms with Gasteiger partial charge >= 0.3 is 0 Å². The lowest BCUT2D eigenvalue weighted by Gasteiger charge is -2.03. The zero-order valence-corrected chi connectivity index (χ0v) is 11.4. The van der Waals surface area contributed by atoms with Gasteiger partial charge in [0.25, 0.3) is 0 Å². The number of ketones is 1. The highest BCUT2D eigenvalue weighted by Gasteiger charge is 2.13. The molecule has 3 heteroatoms. The third kappa shape index (κ3) is 2.59. The van der Waals surface area contributed by atoms with E-state index in [9.17, 15) is 4.79 Å². The summed E-state index contributed by atoms with van der Waals surface area (Å²) in [6.07, 6.45) is 0.970. The highest BCUT2D eigenvalue weighted by Crippen LogP contribution is 2.23. The third-order valence-corrected chi connectivity index (χ3v) is 4.13. The molecule has 0 bridgehead atoms. The van der Waals surface area contributed by atoms with Gasteiger partial charge in [-0.3, -0.25) is 4.79 Å². The van der Waals surface area contributed by atoms with E-state index < -0.39 is 0 Å². The minimum atomic E-state index is 0.0869. The van der Waals surface area contributed by atoms with Crippen LogP contribution in [0.15, 0.2) is 30.3 Å². The Morgan fingerprint density at radius 2 is 2.06 bits per heavy atom. The highest BCUT2D eigenvalue weighted by molar-refractivity contribution is 7.14. The van der Waals surface area contributed by atoms with Crippen LogP contribution in [0.1, 0.15) is 32.6 Å². The Labute approximate surface area is 110 Å². The van der Waals surface area contributed by atoms with E-state index in [2.05, 4.69) is 6.92 Å². The van der Waals surface area contributed by atoms with Gasteiger partial charge in [0.15, 0.2) is 0 Å². The second-order valence-electron chi connectivity index (χ2n) is 3.91. The van der Waals surface area contributed by atoms with Crippen molar-refractivity contribution in [3.05, 3.63) is 56.2 Å². The minimum absolute atomic E-state index is 0.0869. The van der Waals surface area contributed by atoms with Gasteiger partial charge in [-0.05, 0) is 49.2 Å². The Morgan fingerprint density at radius 3 is 2.65 bits per heavy atom. The average molecular weight is 265 g/mol. The summed E-state index contributed by atoms with van der Waals surface area (Å²) in [7, 11) is 0. The summed E-state index contributed by atoms with van der Waals surface area (Å²) in [5.41, 5.74) is 1.66. The second-order valence-corrected chi connectivity index (χ2v) is 5.51. The van der Waals surface area contributed by atoms with Crippen molar-refractivity contribution in [2.75, 3.05) is 0 Å². The molecule has 2 aromatic rings. The van der Waals surface area contributed by atoms with Crippen molar-refractivity contribution in [2.45, 2.75) is 20.3 Å². The largest absolute Gasteiger partial charge is 0.288 e. The predicted molar refractivity (Wildman–Crippen MR) is 73.3 cm³/mol. The summed E-state index contributed by atoms with van der Waals surface area (Å²) in [4.78, 5) is 14.3. The monoisotopic (exact) mass is 264 g/mol. The minimum Gasteiger partial charge on any atom is -0.288 e. The van der Waals surface area contributed by atoms with Gasteiger partial charge in [-0.25, -0.2) is 0 Å². The molecule has 1 aromatic heterocycles. The van der Waals surface area contributed by atoms with Gasteiger partial charge in [-0.15, -0.1) is 11.3 Å². The Bertz CT molecular complexity index is 557. The zero-order chi connectivity index (χ0) is 12.4. The normalized spacial score (nSPS) is 10.5. The summed E-state index contributed by atoms with van der Waals surface area (Å²) in [6.45, 7) is 4.00. The molecule has 0 aliphatic rings. The number of thiophene rings is 1. The number of hydrogen-bond donors (Lipinski definition) is 0. The summed E-state index contributed by atoms with van der Waals surface area (Å²) < 4.78 is 0. The molecule has 1 heterocycles. The summed E-state index contributed by atoms with van der Waals surface area (Å²) in [5, 5.41) is 0.666. The molecule has 88 valence electrons. The van der Waals surface area contributed by atoms with Crippen LogP contribution in [-0.2, 0) is 6.42 Å². The molecule has 0 N–H and O–H groups in total. The first kappa shape index (κ1) is 12.3. The zero-order valence-electron chi connectivity index (χ0n) is 9.79. The van der Waals surface area contributed by atoms with E-state index in [-0.39, 0.29) is 5.78 Å². The smallest absolute Gasteiger partial charge is 0.203 e. The molecule has 0 atom stereocenters. The first-order valence-electron chi connectivity index (χ1n) is 5.51. The van der Waals surface area contributed by atoms with Crippen molar-refractivity contribution < 1.29 is 4.79 Å². The molecular weight excluding hydrogens is 252 g/mol. The van der Waals surface area contributed by atoms with Gasteiger partial charge < -0.3 is 0 Å². The van der Waals surface area contributed by atoms with E-state index in [1.165, 1.54) is 4.88 Å². The molecule has 0 spiro atoms. The SMILES string of the molecule is CCc1ccc(C(=O)c2ccc(Cl)cc2C)s1. The Balaban J connectivity index is 2.36. The van der Waals surface area contributed by atoms with Gasteiger partial charge in [-0.2, -0.15) is 0 Å². The molecule has 0 saturated carbocycles. The maximum atomic E-state index is 12.3. The number of carbonyl (C=O) groups excluding carboxylic acids is 1. The number of halogens is 1. The number of benzene rings is 1. The lowest BCUT2D eigenvalue weighted by molar-refractivity contribution is 0.104. The Kier molecular flexibility index (Phi) is 3.65. The second kappa shape index (κ2) is 5.03. The van der Waals surface area contributed by atoms with Gasteiger partial charge in [0, 0.05) is 15.5 Å². The number of rotatable bonds is 3. The van der Waals surface area contributed by atoms with E-state index >= 15 is 0 Å². The maximum absolute atomic E-state index is 12.3. The lowest BCUT2D eigenvalue weighted by atomic mass is 10.0. The quantitative estimate of drug-likeness (QED) is 0.746. The molecule has 17 heavy (non-hydrogen) atoms. The van der Waals surface area contributed by atoms with Gasteiger partial charge in [0.2, 0.25) is 5.78 Å². The molecule has 0 saturated heterocycles. The van der Waals surface area contributed by atoms with Gasteiger partial charge in [-0.1, -0.05) is 18.5 Å². The highest BCUT2D eigenvalue weighted by atomic mass is 35.5. The van der Waals surface area contributed by atoms with E-state index in [1.54, 1.807) is 23.5 Å². The van der Waals surface area contributed by atoms with Crippen molar-refractivity contribution in [3.8, 4) is 0 Å². The molecule has 0 aliphatic heterocycles. The fourth-order valence-corrected chi connectivity index (χ4v) is 2.83. The first-order chi connectivity index (χ1) is 8.11. The van der Waals surface area contributed by atoms with Gasteiger partial charge in [0.1, 0.15) is 0 Å². The van der Waals surface area contributed by atoms with Crippen LogP contribution in [-0.4, -0.2) is 5.78 Å². The fraction of sp³-hybridized carbons (Fsp3) is 0.214. The Hall–Kier alpha value is -1.12. The summed E-state index contributed by atoms with van der Waals surface area (Å²) >= 11 is 7.45. The number of hydrogen-bond acceptors (Lipinski definition) is 2. The molecule has 0 aliphatic carbocycles. The average Bonchev–Trinajstić information content (AvgIpc) is 2.76. The number of aryl methyl sites for hydroxylation is 2. The van der Waals surface area contributed by atoms with Crippen molar-refractivity contribution in [1.29, 1.82) is 0 Å². The number of carbonyl (C=O) groups is 1. The molecule has 2 rings (SSSR count). The molecule has 0 fully saturated rings. The molecule has 1 nitrogen and oxygen atoms in total. The third-order valence-electron chi connectivity index (χ3n) is 2.67. The standard InChI is InChI=1S/C14H13ClOS/c1-3-11-5-7-13(17-11)14(16)12-6-4-10(15)8-9(12)2/h4-8H,3H2,1-2H3. The van der Waals surface area contributed by atoms with Crippen molar-refractivity contribution >= 4 is 28.7 Å². The van der Waals surface area contributed by atoms with E-state index in [1.807, 2.05) is 25.1 Å². The van der Waals surface area contributed by atoms with Crippen LogP contribution >= 0.6 is 22.9 Å². The topological polar surface area (TPSA) is 17.1 Å². The molecular formula is C14H13ClOS. The van der Waals surface area contributed by atoms with Crippen LogP contribution in [0.3, 0.4) is 0 Å². The van der Waals surface area contributed by atoms with Crippen LogP contribution in [0, 0.1) is 6.92 Å².